The molecule has 0 spiro atoms. The molecule has 0 atom stereocenters. The second kappa shape index (κ2) is 16.4. The summed E-state index contributed by atoms with van der Waals surface area (Å²) in [5, 5.41) is 22.8. The molecule has 0 aromatic rings. The van der Waals surface area contributed by atoms with E-state index in [1.165, 1.54) is 0 Å². The SMILES string of the molecule is C=CC(=O)O.C=CC(=O)O.C=CC(=O)O.F[B-](F)(F)F.[H+]. The summed E-state index contributed by atoms with van der Waals surface area (Å²) in [5.74, 6) is -2.94. The molecule has 11 heteroatoms. The van der Waals surface area contributed by atoms with Crippen LogP contribution in [0.15, 0.2) is 38.0 Å². The standard InChI is InChI=1S/3C3H4O2.BF4/c3*1-2-3(4)5;2-1(3,4)5/h3*2H,1H2,(H,4,5);/q;;;-1/p+1. The molecule has 0 aliphatic heterocycles. The van der Waals surface area contributed by atoms with Crippen LogP contribution in [0.5, 0.6) is 0 Å². The molecule has 20 heavy (non-hydrogen) atoms. The van der Waals surface area contributed by atoms with Crippen LogP contribution in [0.4, 0.5) is 17.3 Å². The molecule has 0 rings (SSSR count). The molecule has 0 saturated carbocycles. The quantitative estimate of drug-likeness (QED) is 0.418. The molecule has 6 nitrogen and oxygen atoms in total. The Morgan fingerprint density at radius 1 is 0.750 bits per heavy atom. The first-order valence-corrected chi connectivity index (χ1v) is 4.25. The molecule has 0 amide bonds. The number of hydrogen-bond donors (Lipinski definition) is 3. The first-order chi connectivity index (χ1) is 8.81. The van der Waals surface area contributed by atoms with Gasteiger partial charge in [0.05, 0.1) is 0 Å². The van der Waals surface area contributed by atoms with Crippen molar-refractivity contribution in [1.29, 1.82) is 0 Å². The molecule has 116 valence electrons. The van der Waals surface area contributed by atoms with Crippen molar-refractivity contribution in [2.45, 2.75) is 0 Å². The van der Waals surface area contributed by atoms with Crippen LogP contribution in [-0.4, -0.2) is 40.5 Å². The highest BCUT2D eigenvalue weighted by atomic mass is 19.5. The molecule has 0 unspecified atom stereocenters. The summed E-state index contributed by atoms with van der Waals surface area (Å²) in [5.41, 5.74) is 0. The summed E-state index contributed by atoms with van der Waals surface area (Å²) >= 11 is 0. The van der Waals surface area contributed by atoms with Gasteiger partial charge in [0.25, 0.3) is 0 Å². The topological polar surface area (TPSA) is 112 Å². The maximum Gasteiger partial charge on any atom is 1.00 e. The Balaban J connectivity index is -0.0000000533. The molecule has 3 N–H and O–H groups in total. The van der Waals surface area contributed by atoms with E-state index in [-0.39, 0.29) is 1.43 Å². The number of carboxylic acids is 3. The molecule has 0 aliphatic carbocycles. The van der Waals surface area contributed by atoms with Crippen LogP contribution in [-0.2, 0) is 14.4 Å². The van der Waals surface area contributed by atoms with Gasteiger partial charge in [-0.25, -0.2) is 14.4 Å². The predicted octanol–water partition coefficient (Wildman–Crippen LogP) is 2.18. The van der Waals surface area contributed by atoms with Crippen LogP contribution in [0.2, 0.25) is 0 Å². The summed E-state index contributed by atoms with van der Waals surface area (Å²) in [6.45, 7) is 8.88. The summed E-state index contributed by atoms with van der Waals surface area (Å²) in [6.07, 6.45) is 2.50. The van der Waals surface area contributed by atoms with Gasteiger partial charge in [0.15, 0.2) is 0 Å². The van der Waals surface area contributed by atoms with Gasteiger partial charge >= 0.3 is 26.6 Å². The second-order valence-electron chi connectivity index (χ2n) is 2.12. The van der Waals surface area contributed by atoms with Gasteiger partial charge in [0.1, 0.15) is 0 Å². The minimum absolute atomic E-state index is 0. The molecule has 0 saturated heterocycles. The minimum Gasteiger partial charge on any atom is -0.478 e. The molecule has 0 aromatic heterocycles. The Bertz CT molecular complexity index is 297. The predicted molar refractivity (Wildman–Crippen MR) is 64.8 cm³/mol. The van der Waals surface area contributed by atoms with E-state index >= 15 is 0 Å². The lowest BCUT2D eigenvalue weighted by molar-refractivity contribution is -0.132. The van der Waals surface area contributed by atoms with Crippen LogP contribution >= 0.6 is 0 Å². The van der Waals surface area contributed by atoms with Gasteiger partial charge in [-0.05, 0) is 0 Å². The van der Waals surface area contributed by atoms with E-state index < -0.39 is 25.2 Å². The molecule has 0 aliphatic rings. The van der Waals surface area contributed by atoms with Gasteiger partial charge in [0, 0.05) is 18.2 Å². The van der Waals surface area contributed by atoms with Gasteiger partial charge in [0.2, 0.25) is 0 Å². The smallest absolute Gasteiger partial charge is 0.478 e. The van der Waals surface area contributed by atoms with Gasteiger partial charge in [-0.15, -0.1) is 0 Å². The lowest BCUT2D eigenvalue weighted by Crippen LogP contribution is -2.02. The highest BCUT2D eigenvalue weighted by Gasteiger charge is 2.20. The van der Waals surface area contributed by atoms with E-state index in [9.17, 15) is 31.6 Å². The van der Waals surface area contributed by atoms with Gasteiger partial charge in [-0.3, -0.25) is 0 Å². The van der Waals surface area contributed by atoms with Gasteiger partial charge in [-0.2, -0.15) is 0 Å². The first-order valence-electron chi connectivity index (χ1n) is 4.25. The lowest BCUT2D eigenvalue weighted by atomic mass is 10.3. The molecular formula is C9H13BF4O6. The van der Waals surface area contributed by atoms with Crippen molar-refractivity contribution in [3.8, 4) is 0 Å². The minimum atomic E-state index is -6.00. The van der Waals surface area contributed by atoms with Crippen LogP contribution in [0.1, 0.15) is 1.43 Å². The van der Waals surface area contributed by atoms with Crippen molar-refractivity contribution >= 4 is 25.2 Å². The van der Waals surface area contributed by atoms with Crippen molar-refractivity contribution in [3.05, 3.63) is 38.0 Å². The molecule has 0 aromatic carbocycles. The normalized spacial score (nSPS) is 7.80. The third kappa shape index (κ3) is 275. The summed E-state index contributed by atoms with van der Waals surface area (Å²) in [7, 11) is -6.00. The van der Waals surface area contributed by atoms with Crippen LogP contribution in [0.25, 0.3) is 0 Å². The third-order valence-corrected chi connectivity index (χ3v) is 0.524. The summed E-state index contributed by atoms with van der Waals surface area (Å²) < 4.78 is 39.0. The fraction of sp³-hybridized carbons (Fsp3) is 0. The number of hydrogen-bond acceptors (Lipinski definition) is 3. The number of carbonyl (C=O) groups is 3. The molecule has 0 fully saturated rings. The van der Waals surface area contributed by atoms with Gasteiger partial charge < -0.3 is 32.6 Å². The summed E-state index contributed by atoms with van der Waals surface area (Å²) in [6, 6.07) is 0. The Morgan fingerprint density at radius 2 is 0.800 bits per heavy atom. The van der Waals surface area contributed by atoms with Crippen LogP contribution in [0, 0.1) is 0 Å². The maximum atomic E-state index is 9.75. The molecule has 0 heterocycles. The largest absolute Gasteiger partial charge is 1.00 e. The Morgan fingerprint density at radius 3 is 0.800 bits per heavy atom. The van der Waals surface area contributed by atoms with Crippen molar-refractivity contribution in [3.63, 3.8) is 0 Å². The average Bonchev–Trinajstić information content (AvgIpc) is 2.28. The zero-order chi connectivity index (χ0) is 17.4. The van der Waals surface area contributed by atoms with Crippen molar-refractivity contribution in [2.24, 2.45) is 0 Å². The Kier molecular flexibility index (Phi) is 21.4. The second-order valence-corrected chi connectivity index (χ2v) is 2.12. The number of halogens is 4. The third-order valence-electron chi connectivity index (χ3n) is 0.524. The fourth-order valence-corrected chi connectivity index (χ4v) is 0. The van der Waals surface area contributed by atoms with E-state index in [4.69, 9.17) is 15.3 Å². The van der Waals surface area contributed by atoms with E-state index in [0.717, 1.165) is 18.2 Å². The number of rotatable bonds is 3. The average molecular weight is 304 g/mol. The molecule has 0 bridgehead atoms. The monoisotopic (exact) mass is 304 g/mol. The first kappa shape index (κ1) is 26.1. The Labute approximate surface area is 112 Å². The zero-order valence-electron chi connectivity index (χ0n) is 11.0. The number of carboxylic acid groups (broad SMARTS) is 3. The van der Waals surface area contributed by atoms with E-state index in [2.05, 4.69) is 19.7 Å². The Hall–Kier alpha value is -2.59. The fourth-order valence-electron chi connectivity index (χ4n) is 0. The zero-order valence-corrected chi connectivity index (χ0v) is 10.0. The van der Waals surface area contributed by atoms with Crippen molar-refractivity contribution in [1.82, 2.24) is 0 Å². The highest BCUT2D eigenvalue weighted by Crippen LogP contribution is 2.06. The van der Waals surface area contributed by atoms with Crippen LogP contribution in [0.3, 0.4) is 0 Å². The number of aliphatic carboxylic acids is 3. The maximum absolute atomic E-state index is 9.75. The summed E-state index contributed by atoms with van der Waals surface area (Å²) in [4.78, 5) is 27.8. The van der Waals surface area contributed by atoms with E-state index in [1.807, 2.05) is 0 Å². The molecule has 0 radical (unpaired) electrons. The van der Waals surface area contributed by atoms with Crippen LogP contribution < -0.4 is 0 Å². The highest BCUT2D eigenvalue weighted by molar-refractivity contribution is 6.50. The van der Waals surface area contributed by atoms with E-state index in [0.29, 0.717) is 0 Å². The van der Waals surface area contributed by atoms with Crippen molar-refractivity contribution < 1.29 is 48.4 Å². The molecular weight excluding hydrogens is 291 g/mol. The van der Waals surface area contributed by atoms with Crippen molar-refractivity contribution in [2.75, 3.05) is 0 Å². The van der Waals surface area contributed by atoms with Gasteiger partial charge in [-0.1, -0.05) is 19.7 Å². The lowest BCUT2D eigenvalue weighted by Gasteiger charge is -1.94. The van der Waals surface area contributed by atoms with E-state index in [1.54, 1.807) is 0 Å².